The van der Waals surface area contributed by atoms with Gasteiger partial charge in [-0.05, 0) is 67.2 Å². The van der Waals surface area contributed by atoms with Gasteiger partial charge in [-0.2, -0.15) is 14.7 Å². The molecular weight excluding hydrogens is 516 g/mol. The fraction of sp³-hybridized carbons (Fsp3) is 0.889. The number of rotatable bonds is 19. The van der Waals surface area contributed by atoms with Crippen LogP contribution in [-0.2, 0) is 43.5 Å². The first kappa shape index (κ1) is 36.7. The lowest BCUT2D eigenvalue weighted by Crippen LogP contribution is -2.40. The summed E-state index contributed by atoms with van der Waals surface area (Å²) in [7, 11) is 0. The fourth-order valence-corrected chi connectivity index (χ4v) is 3.51. The molecule has 0 aromatic carbocycles. The van der Waals surface area contributed by atoms with Crippen LogP contribution >= 0.6 is 0 Å². The monoisotopic (exact) mass is 566 g/mol. The molecule has 0 atom stereocenters. The minimum atomic E-state index is -1.17. The molecule has 0 unspecified atom stereocenters. The van der Waals surface area contributed by atoms with Gasteiger partial charge in [0.1, 0.15) is 36.6 Å². The maximum absolute atomic E-state index is 12.2. The van der Waals surface area contributed by atoms with Crippen molar-refractivity contribution in [2.45, 2.75) is 131 Å². The Morgan fingerprint density at radius 2 is 0.744 bits per heavy atom. The quantitative estimate of drug-likeness (QED) is 0.0668. The van der Waals surface area contributed by atoms with Crippen molar-refractivity contribution in [2.24, 2.45) is 5.41 Å². The van der Waals surface area contributed by atoms with Gasteiger partial charge in [-0.1, -0.05) is 47.0 Å². The van der Waals surface area contributed by atoms with E-state index in [1.807, 2.05) is 20.8 Å². The average molecular weight is 567 g/mol. The van der Waals surface area contributed by atoms with Crippen LogP contribution in [0.25, 0.3) is 0 Å². The van der Waals surface area contributed by atoms with Crippen molar-refractivity contribution in [3.05, 3.63) is 0 Å². The van der Waals surface area contributed by atoms with E-state index >= 15 is 0 Å². The van der Waals surface area contributed by atoms with Crippen LogP contribution in [0.15, 0.2) is 0 Å². The van der Waals surface area contributed by atoms with Crippen LogP contribution in [0, 0.1) is 5.41 Å². The molecule has 0 bridgehead atoms. The van der Waals surface area contributed by atoms with E-state index in [4.69, 9.17) is 43.5 Å². The molecule has 39 heavy (non-hydrogen) atoms. The third-order valence-corrected chi connectivity index (χ3v) is 5.80. The summed E-state index contributed by atoms with van der Waals surface area (Å²) in [4.78, 5) is 66.5. The minimum Gasteiger partial charge on any atom is -0.431 e. The van der Waals surface area contributed by atoms with Gasteiger partial charge in [0.2, 0.25) is 0 Å². The molecule has 0 radical (unpaired) electrons. The Morgan fingerprint density at radius 1 is 0.487 bits per heavy atom. The van der Waals surface area contributed by atoms with Crippen molar-refractivity contribution in [1.29, 1.82) is 0 Å². The van der Waals surface area contributed by atoms with Crippen molar-refractivity contribution in [3.63, 3.8) is 0 Å². The first-order chi connectivity index (χ1) is 18.0. The lowest BCUT2D eigenvalue weighted by Gasteiger charge is -2.30. The van der Waals surface area contributed by atoms with Crippen molar-refractivity contribution in [3.8, 4) is 0 Å². The van der Waals surface area contributed by atoms with Gasteiger partial charge in [0, 0.05) is 0 Å². The van der Waals surface area contributed by atoms with Crippen LogP contribution in [-0.4, -0.2) is 55.1 Å². The van der Waals surface area contributed by atoms with Gasteiger partial charge >= 0.3 is 18.5 Å². The highest BCUT2D eigenvalue weighted by atomic mass is 17.2. The summed E-state index contributed by atoms with van der Waals surface area (Å²) >= 11 is 0. The highest BCUT2D eigenvalue weighted by Gasteiger charge is 2.36. The zero-order valence-electron chi connectivity index (χ0n) is 25.5. The van der Waals surface area contributed by atoms with Crippen molar-refractivity contribution < 1.29 is 57.9 Å². The molecule has 0 spiro atoms. The highest BCUT2D eigenvalue weighted by molar-refractivity contribution is 5.60. The third kappa shape index (κ3) is 17.1. The second kappa shape index (κ2) is 17.4. The van der Waals surface area contributed by atoms with Crippen LogP contribution < -0.4 is 0 Å². The van der Waals surface area contributed by atoms with Gasteiger partial charge in [0.05, 0.1) is 5.41 Å². The van der Waals surface area contributed by atoms with Crippen LogP contribution in [0.2, 0.25) is 0 Å². The summed E-state index contributed by atoms with van der Waals surface area (Å²) in [5.41, 5.74) is -3.28. The molecule has 0 amide bonds. The standard InChI is InChI=1S/C27H50O12/c1-11-15-24(5,6)37-34-21(28)31-18-27(14-4,19-32-22(29)35-38-25(7,8)16-12-2)20-33-23(30)36-39-26(9,10)17-13-3/h11-20H2,1-10H3. The van der Waals surface area contributed by atoms with E-state index < -0.39 is 40.7 Å². The van der Waals surface area contributed by atoms with Gasteiger partial charge in [-0.25, -0.2) is 14.4 Å². The number of carbonyl (C=O) groups excluding carboxylic acids is 3. The van der Waals surface area contributed by atoms with Gasteiger partial charge in [-0.15, -0.1) is 0 Å². The molecule has 0 rings (SSSR count). The average Bonchev–Trinajstić information content (AvgIpc) is 2.85. The molecule has 0 aliphatic carbocycles. The predicted molar refractivity (Wildman–Crippen MR) is 140 cm³/mol. The largest absolute Gasteiger partial charge is 0.540 e. The zero-order valence-corrected chi connectivity index (χ0v) is 25.5. The minimum absolute atomic E-state index is 0.257. The molecular formula is C27H50O12. The Hall–Kier alpha value is -2.31. The molecule has 0 saturated carbocycles. The van der Waals surface area contributed by atoms with Gasteiger partial charge < -0.3 is 14.2 Å². The van der Waals surface area contributed by atoms with Crippen molar-refractivity contribution >= 4 is 18.5 Å². The Labute approximate surface area is 233 Å². The van der Waals surface area contributed by atoms with E-state index in [1.165, 1.54) is 0 Å². The molecule has 0 aromatic heterocycles. The second-order valence-corrected chi connectivity index (χ2v) is 11.5. The van der Waals surface area contributed by atoms with E-state index in [-0.39, 0.29) is 26.2 Å². The molecule has 0 aliphatic rings. The first-order valence-corrected chi connectivity index (χ1v) is 13.6. The van der Waals surface area contributed by atoms with Crippen LogP contribution in [0.4, 0.5) is 14.4 Å². The molecule has 12 heteroatoms. The number of hydrogen-bond donors (Lipinski definition) is 0. The molecule has 0 N–H and O–H groups in total. The number of carbonyl (C=O) groups is 3. The van der Waals surface area contributed by atoms with Gasteiger partial charge in [-0.3, -0.25) is 14.7 Å². The van der Waals surface area contributed by atoms with E-state index in [0.717, 1.165) is 19.3 Å². The third-order valence-electron chi connectivity index (χ3n) is 5.80. The van der Waals surface area contributed by atoms with Crippen molar-refractivity contribution in [1.82, 2.24) is 0 Å². The molecule has 0 fully saturated rings. The molecule has 0 saturated heterocycles. The number of ether oxygens (including phenoxy) is 3. The van der Waals surface area contributed by atoms with Crippen LogP contribution in [0.3, 0.4) is 0 Å². The topological polar surface area (TPSA) is 134 Å². The second-order valence-electron chi connectivity index (χ2n) is 11.5. The summed E-state index contributed by atoms with van der Waals surface area (Å²) < 4.78 is 15.6. The maximum Gasteiger partial charge on any atom is 0.540 e. The smallest absolute Gasteiger partial charge is 0.431 e. The molecule has 230 valence electrons. The first-order valence-electron chi connectivity index (χ1n) is 13.6. The molecule has 0 aliphatic heterocycles. The van der Waals surface area contributed by atoms with Crippen LogP contribution in [0.1, 0.15) is 114 Å². The summed E-state index contributed by atoms with van der Waals surface area (Å²) in [6.07, 6.45) is 1.38. The van der Waals surface area contributed by atoms with E-state index in [1.54, 1.807) is 48.5 Å². The van der Waals surface area contributed by atoms with E-state index in [0.29, 0.717) is 19.3 Å². The maximum atomic E-state index is 12.2. The Morgan fingerprint density at radius 3 is 0.949 bits per heavy atom. The molecule has 0 heterocycles. The predicted octanol–water partition coefficient (Wildman–Crippen LogP) is 7.37. The summed E-state index contributed by atoms with van der Waals surface area (Å²) in [5, 5.41) is 0. The van der Waals surface area contributed by atoms with E-state index in [9.17, 15) is 14.4 Å². The highest BCUT2D eigenvalue weighted by Crippen LogP contribution is 2.26. The number of hydrogen-bond acceptors (Lipinski definition) is 12. The molecule has 0 aromatic rings. The molecule has 12 nitrogen and oxygen atoms in total. The van der Waals surface area contributed by atoms with E-state index in [2.05, 4.69) is 0 Å². The van der Waals surface area contributed by atoms with Crippen molar-refractivity contribution in [2.75, 3.05) is 19.8 Å². The lowest BCUT2D eigenvalue weighted by atomic mass is 9.88. The Balaban J connectivity index is 5.25. The summed E-state index contributed by atoms with van der Waals surface area (Å²) in [6.45, 7) is 17.3. The lowest BCUT2D eigenvalue weighted by molar-refractivity contribution is -0.324. The normalized spacial score (nSPS) is 12.5. The SMILES string of the molecule is CCCC(C)(C)OOC(=O)OCC(CC)(COC(=O)OOC(C)(C)CCC)COC(=O)OOC(C)(C)CCC. The van der Waals surface area contributed by atoms with Crippen LogP contribution in [0.5, 0.6) is 0 Å². The summed E-state index contributed by atoms with van der Waals surface area (Å²) in [6, 6.07) is 0. The van der Waals surface area contributed by atoms with Gasteiger partial charge in [0.15, 0.2) is 0 Å². The Bertz CT molecular complexity index is 639. The zero-order chi connectivity index (χ0) is 30.2. The van der Waals surface area contributed by atoms with Gasteiger partial charge in [0.25, 0.3) is 0 Å². The Kier molecular flexibility index (Phi) is 16.4. The summed E-state index contributed by atoms with van der Waals surface area (Å²) in [5.74, 6) is 0. The fourth-order valence-electron chi connectivity index (χ4n) is 3.51.